The summed E-state index contributed by atoms with van der Waals surface area (Å²) in [7, 11) is 0. The Morgan fingerprint density at radius 3 is 3.00 bits per heavy atom. The number of hydrogen-bond acceptors (Lipinski definition) is 5. The van der Waals surface area contributed by atoms with Crippen molar-refractivity contribution in [1.29, 1.82) is 0 Å². The maximum Gasteiger partial charge on any atom is 0.271 e. The highest BCUT2D eigenvalue weighted by atomic mass is 32.1. The van der Waals surface area contributed by atoms with E-state index in [0.717, 1.165) is 24.7 Å². The number of ether oxygens (including phenoxy) is 1. The zero-order valence-corrected chi connectivity index (χ0v) is 11.7. The lowest BCUT2D eigenvalue weighted by Gasteiger charge is -2.33. The van der Waals surface area contributed by atoms with Crippen LogP contribution in [0.3, 0.4) is 0 Å². The third-order valence-corrected chi connectivity index (χ3v) is 3.91. The van der Waals surface area contributed by atoms with Gasteiger partial charge >= 0.3 is 0 Å². The van der Waals surface area contributed by atoms with Gasteiger partial charge in [0.25, 0.3) is 5.88 Å². The van der Waals surface area contributed by atoms with Crippen LogP contribution >= 0.6 is 11.7 Å². The second-order valence-electron chi connectivity index (χ2n) is 4.77. The second kappa shape index (κ2) is 5.67. The number of anilines is 1. The first-order valence-corrected chi connectivity index (χ1v) is 7.21. The van der Waals surface area contributed by atoms with Gasteiger partial charge in [0.15, 0.2) is 0 Å². The minimum Gasteiger partial charge on any atom is -0.471 e. The van der Waals surface area contributed by atoms with Gasteiger partial charge in [-0.15, -0.1) is 4.37 Å². The van der Waals surface area contributed by atoms with Crippen LogP contribution in [0.5, 0.6) is 5.88 Å². The smallest absolute Gasteiger partial charge is 0.271 e. The van der Waals surface area contributed by atoms with Crippen molar-refractivity contribution in [2.45, 2.75) is 58.6 Å². The van der Waals surface area contributed by atoms with E-state index in [-0.39, 0.29) is 6.10 Å². The molecule has 2 atom stereocenters. The molecule has 2 rings (SSSR count). The van der Waals surface area contributed by atoms with Crippen LogP contribution in [-0.4, -0.2) is 27.4 Å². The van der Waals surface area contributed by atoms with E-state index in [1.54, 1.807) is 0 Å². The highest BCUT2D eigenvalue weighted by Crippen LogP contribution is 2.31. The number of rotatable bonds is 4. The molecule has 1 aliphatic rings. The van der Waals surface area contributed by atoms with Gasteiger partial charge < -0.3 is 9.64 Å². The van der Waals surface area contributed by atoms with E-state index in [1.165, 1.54) is 31.0 Å². The first kappa shape index (κ1) is 12.6. The van der Waals surface area contributed by atoms with Crippen LogP contribution in [0.4, 0.5) is 5.82 Å². The summed E-state index contributed by atoms with van der Waals surface area (Å²) in [6, 6.07) is 0.548. The highest BCUT2D eigenvalue weighted by Gasteiger charge is 2.25. The van der Waals surface area contributed by atoms with E-state index < -0.39 is 0 Å². The molecular weight excluding hydrogens is 234 g/mol. The minimum atomic E-state index is 0.206. The topological polar surface area (TPSA) is 38.3 Å². The fourth-order valence-electron chi connectivity index (χ4n) is 2.11. The van der Waals surface area contributed by atoms with Crippen LogP contribution in [0.1, 0.15) is 46.5 Å². The molecule has 0 N–H and O–H groups in total. The van der Waals surface area contributed by atoms with E-state index in [0.29, 0.717) is 6.04 Å². The van der Waals surface area contributed by atoms with Crippen LogP contribution in [0.25, 0.3) is 0 Å². The molecule has 0 saturated carbocycles. The molecular formula is C12H21N3OS. The monoisotopic (exact) mass is 255 g/mol. The summed E-state index contributed by atoms with van der Waals surface area (Å²) in [6.07, 6.45) is 4.99. The molecule has 1 saturated heterocycles. The maximum atomic E-state index is 5.83. The number of hydrogen-bond donors (Lipinski definition) is 0. The van der Waals surface area contributed by atoms with E-state index in [1.807, 2.05) is 0 Å². The van der Waals surface area contributed by atoms with Crippen molar-refractivity contribution in [1.82, 2.24) is 8.75 Å². The molecule has 0 bridgehead atoms. The lowest BCUT2D eigenvalue weighted by molar-refractivity contribution is 0.210. The van der Waals surface area contributed by atoms with Crippen molar-refractivity contribution in [3.63, 3.8) is 0 Å². The van der Waals surface area contributed by atoms with Crippen molar-refractivity contribution >= 4 is 17.5 Å². The summed E-state index contributed by atoms with van der Waals surface area (Å²) in [5.74, 6) is 1.67. The highest BCUT2D eigenvalue weighted by molar-refractivity contribution is 6.99. The molecule has 0 aliphatic carbocycles. The zero-order chi connectivity index (χ0) is 12.3. The lowest BCUT2D eigenvalue weighted by atomic mass is 10.0. The van der Waals surface area contributed by atoms with Gasteiger partial charge in [-0.1, -0.05) is 6.92 Å². The Bertz CT molecular complexity index is 355. The summed E-state index contributed by atoms with van der Waals surface area (Å²) < 4.78 is 14.5. The van der Waals surface area contributed by atoms with Gasteiger partial charge in [-0.25, -0.2) is 0 Å². The summed E-state index contributed by atoms with van der Waals surface area (Å²) in [6.45, 7) is 7.52. The molecule has 1 aromatic rings. The zero-order valence-electron chi connectivity index (χ0n) is 10.8. The fraction of sp³-hybridized carbons (Fsp3) is 0.833. The molecule has 2 unspecified atom stereocenters. The van der Waals surface area contributed by atoms with Crippen molar-refractivity contribution < 1.29 is 4.74 Å². The standard InChI is InChI=1S/C12H21N3OS/c1-4-10(3)16-12-11(13-17-14-12)15-8-6-5-7-9(15)2/h9-10H,4-8H2,1-3H3. The van der Waals surface area contributed by atoms with Crippen LogP contribution in [0.2, 0.25) is 0 Å². The van der Waals surface area contributed by atoms with Gasteiger partial charge in [0.1, 0.15) is 0 Å². The molecule has 0 radical (unpaired) electrons. The minimum absolute atomic E-state index is 0.206. The first-order valence-electron chi connectivity index (χ1n) is 6.48. The quantitative estimate of drug-likeness (QED) is 0.828. The maximum absolute atomic E-state index is 5.83. The van der Waals surface area contributed by atoms with Crippen molar-refractivity contribution in [2.75, 3.05) is 11.4 Å². The van der Waals surface area contributed by atoms with Crippen LogP contribution in [0.15, 0.2) is 0 Å². The number of piperidine rings is 1. The molecule has 4 nitrogen and oxygen atoms in total. The van der Waals surface area contributed by atoms with Gasteiger partial charge in [-0.3, -0.25) is 0 Å². The largest absolute Gasteiger partial charge is 0.471 e. The molecule has 1 aromatic heterocycles. The predicted octanol–water partition coefficient (Wildman–Crippen LogP) is 3.09. The summed E-state index contributed by atoms with van der Waals surface area (Å²) in [5, 5.41) is 0. The van der Waals surface area contributed by atoms with Gasteiger partial charge in [0.2, 0.25) is 5.82 Å². The van der Waals surface area contributed by atoms with Crippen molar-refractivity contribution in [2.24, 2.45) is 0 Å². The van der Waals surface area contributed by atoms with E-state index in [2.05, 4.69) is 34.4 Å². The molecule has 1 fully saturated rings. The number of aromatic nitrogens is 2. The van der Waals surface area contributed by atoms with Crippen LogP contribution < -0.4 is 9.64 Å². The Balaban J connectivity index is 2.12. The van der Waals surface area contributed by atoms with Crippen molar-refractivity contribution in [3.8, 4) is 5.88 Å². The van der Waals surface area contributed by atoms with Crippen LogP contribution in [0, 0.1) is 0 Å². The van der Waals surface area contributed by atoms with Gasteiger partial charge in [-0.05, 0) is 39.5 Å². The Hall–Kier alpha value is -0.840. The average Bonchev–Trinajstić information content (AvgIpc) is 2.77. The third kappa shape index (κ3) is 2.89. The van der Waals surface area contributed by atoms with Gasteiger partial charge in [0.05, 0.1) is 17.8 Å². The molecule has 96 valence electrons. The molecule has 0 amide bonds. The van der Waals surface area contributed by atoms with Crippen LogP contribution in [-0.2, 0) is 0 Å². The van der Waals surface area contributed by atoms with E-state index >= 15 is 0 Å². The summed E-state index contributed by atoms with van der Waals surface area (Å²) in [4.78, 5) is 2.34. The molecule has 0 aromatic carbocycles. The third-order valence-electron chi connectivity index (χ3n) is 3.41. The Kier molecular flexibility index (Phi) is 4.20. The first-order chi connectivity index (χ1) is 8.22. The second-order valence-corrected chi connectivity index (χ2v) is 5.30. The molecule has 1 aliphatic heterocycles. The average molecular weight is 255 g/mol. The fourth-order valence-corrected chi connectivity index (χ4v) is 2.61. The molecule has 5 heteroatoms. The molecule has 17 heavy (non-hydrogen) atoms. The Morgan fingerprint density at radius 1 is 1.47 bits per heavy atom. The SMILES string of the molecule is CCC(C)Oc1nsnc1N1CCCCC1C. The van der Waals surface area contributed by atoms with Gasteiger partial charge in [-0.2, -0.15) is 4.37 Å². The Labute approximate surface area is 107 Å². The molecule has 0 spiro atoms. The summed E-state index contributed by atoms with van der Waals surface area (Å²) in [5.41, 5.74) is 0. The lowest BCUT2D eigenvalue weighted by Crippen LogP contribution is -2.38. The summed E-state index contributed by atoms with van der Waals surface area (Å²) >= 11 is 1.25. The van der Waals surface area contributed by atoms with E-state index in [9.17, 15) is 0 Å². The predicted molar refractivity (Wildman–Crippen MR) is 70.9 cm³/mol. The Morgan fingerprint density at radius 2 is 2.29 bits per heavy atom. The van der Waals surface area contributed by atoms with E-state index in [4.69, 9.17) is 4.74 Å². The molecule has 2 heterocycles. The number of nitrogens with zero attached hydrogens (tertiary/aromatic N) is 3. The van der Waals surface area contributed by atoms with Crippen molar-refractivity contribution in [3.05, 3.63) is 0 Å². The normalized spacial score (nSPS) is 22.5. The van der Waals surface area contributed by atoms with Gasteiger partial charge in [0, 0.05) is 12.6 Å².